The van der Waals surface area contributed by atoms with Crippen LogP contribution in [-0.2, 0) is 0 Å². The van der Waals surface area contributed by atoms with E-state index in [0.717, 1.165) is 18.3 Å². The van der Waals surface area contributed by atoms with Gasteiger partial charge < -0.3 is 15.6 Å². The third kappa shape index (κ3) is 0.318. The minimum Gasteiger partial charge on any atom is -0.351 e. The second-order valence-corrected chi connectivity index (χ2v) is 1.66. The van der Waals surface area contributed by atoms with Gasteiger partial charge in [0.1, 0.15) is 5.82 Å². The molecule has 1 aliphatic heterocycles. The highest BCUT2D eigenvalue weighted by Gasteiger charge is 2.08. The second-order valence-electron chi connectivity index (χ2n) is 1.66. The molecule has 0 saturated carbocycles. The Hall–Kier alpha value is -1.19. The number of H-pyrrole nitrogens is 1. The lowest BCUT2D eigenvalue weighted by atomic mass is 10.7. The van der Waals surface area contributed by atoms with Crippen molar-refractivity contribution >= 4 is 11.6 Å². The summed E-state index contributed by atoms with van der Waals surface area (Å²) in [7, 11) is 0. The number of aromatic amines is 1. The molecule has 1 aliphatic rings. The topological polar surface area (TPSA) is 52.7 Å². The van der Waals surface area contributed by atoms with Crippen LogP contribution in [0.15, 0.2) is 6.33 Å². The van der Waals surface area contributed by atoms with Gasteiger partial charge in [-0.05, 0) is 0 Å². The summed E-state index contributed by atoms with van der Waals surface area (Å²) < 4.78 is 0. The van der Waals surface area contributed by atoms with E-state index in [9.17, 15) is 0 Å². The Morgan fingerprint density at radius 2 is 2.50 bits per heavy atom. The smallest absolute Gasteiger partial charge is 0.170 e. The Morgan fingerprint density at radius 3 is 3.38 bits per heavy atom. The molecule has 0 atom stereocenters. The number of hydrogen-bond donors (Lipinski definition) is 3. The summed E-state index contributed by atoms with van der Waals surface area (Å²) in [4.78, 5) is 6.90. The summed E-state index contributed by atoms with van der Waals surface area (Å²) in [6.07, 6.45) is 1.66. The van der Waals surface area contributed by atoms with E-state index in [1.165, 1.54) is 0 Å². The molecule has 0 aliphatic carbocycles. The Balaban J connectivity index is 2.54. The number of fused-ring (bicyclic) bond motifs is 1. The van der Waals surface area contributed by atoms with Crippen molar-refractivity contribution in [3.05, 3.63) is 6.33 Å². The maximum absolute atomic E-state index is 3.97. The van der Waals surface area contributed by atoms with E-state index in [4.69, 9.17) is 0 Å². The third-order valence-electron chi connectivity index (χ3n) is 1.16. The van der Waals surface area contributed by atoms with Gasteiger partial charge in [0.25, 0.3) is 0 Å². The van der Waals surface area contributed by atoms with E-state index in [1.807, 2.05) is 0 Å². The molecular weight excluding hydrogens is 104 g/mol. The minimum atomic E-state index is 0.787. The number of nitrogens with zero attached hydrogens (tertiary/aromatic N) is 1. The van der Waals surface area contributed by atoms with Crippen molar-refractivity contribution in [2.24, 2.45) is 0 Å². The van der Waals surface area contributed by atoms with Crippen molar-refractivity contribution in [3.8, 4) is 0 Å². The molecule has 4 nitrogen and oxygen atoms in total. The van der Waals surface area contributed by atoms with Crippen LogP contribution in [0.1, 0.15) is 0 Å². The van der Waals surface area contributed by atoms with E-state index in [1.54, 1.807) is 6.33 Å². The van der Waals surface area contributed by atoms with Gasteiger partial charge in [0.05, 0.1) is 13.0 Å². The van der Waals surface area contributed by atoms with Crippen LogP contribution in [0.25, 0.3) is 0 Å². The molecule has 0 saturated heterocycles. The standard InChI is InChI=1S/C4H6N4/c1-5-3-4(6-1)8-2-7-3/h1,7-8H,2H2,(H,5,6). The van der Waals surface area contributed by atoms with Gasteiger partial charge in [-0.1, -0.05) is 0 Å². The molecule has 0 amide bonds. The summed E-state index contributed by atoms with van der Waals surface area (Å²) >= 11 is 0. The summed E-state index contributed by atoms with van der Waals surface area (Å²) in [5, 5.41) is 6.08. The summed E-state index contributed by atoms with van der Waals surface area (Å²) in [5.41, 5.74) is 0. The van der Waals surface area contributed by atoms with Crippen LogP contribution in [0.5, 0.6) is 0 Å². The van der Waals surface area contributed by atoms with Crippen LogP contribution in [0.4, 0.5) is 11.6 Å². The van der Waals surface area contributed by atoms with Gasteiger partial charge in [0.15, 0.2) is 5.82 Å². The predicted octanol–water partition coefficient (Wildman–Crippen LogP) is 0.205. The molecule has 0 spiro atoms. The lowest BCUT2D eigenvalue weighted by Crippen LogP contribution is -2.00. The molecular formula is C4H6N4. The average molecular weight is 110 g/mol. The highest BCUT2D eigenvalue weighted by molar-refractivity contribution is 5.64. The first-order valence-electron chi connectivity index (χ1n) is 2.48. The van der Waals surface area contributed by atoms with E-state index in [-0.39, 0.29) is 0 Å². The van der Waals surface area contributed by atoms with E-state index < -0.39 is 0 Å². The van der Waals surface area contributed by atoms with Crippen molar-refractivity contribution in [1.29, 1.82) is 0 Å². The fraction of sp³-hybridized carbons (Fsp3) is 0.250. The predicted molar refractivity (Wildman–Crippen MR) is 30.7 cm³/mol. The van der Waals surface area contributed by atoms with Gasteiger partial charge in [-0.2, -0.15) is 0 Å². The zero-order valence-electron chi connectivity index (χ0n) is 4.23. The zero-order chi connectivity index (χ0) is 5.40. The molecule has 2 heterocycles. The zero-order valence-corrected chi connectivity index (χ0v) is 4.23. The Kier molecular flexibility index (Phi) is 0.542. The second kappa shape index (κ2) is 1.15. The highest BCUT2D eigenvalue weighted by atomic mass is 15.3. The number of imidazole rings is 1. The lowest BCUT2D eigenvalue weighted by Gasteiger charge is -1.86. The summed E-state index contributed by atoms with van der Waals surface area (Å²) in [6, 6.07) is 0. The first-order chi connectivity index (χ1) is 3.97. The first kappa shape index (κ1) is 3.77. The van der Waals surface area contributed by atoms with Gasteiger partial charge in [0, 0.05) is 0 Å². The fourth-order valence-corrected chi connectivity index (χ4v) is 0.779. The van der Waals surface area contributed by atoms with Gasteiger partial charge in [-0.3, -0.25) is 0 Å². The highest BCUT2D eigenvalue weighted by Crippen LogP contribution is 2.18. The van der Waals surface area contributed by atoms with E-state index >= 15 is 0 Å². The molecule has 3 N–H and O–H groups in total. The van der Waals surface area contributed by atoms with Crippen molar-refractivity contribution < 1.29 is 0 Å². The van der Waals surface area contributed by atoms with Crippen molar-refractivity contribution in [1.82, 2.24) is 9.97 Å². The van der Waals surface area contributed by atoms with Gasteiger partial charge in [-0.15, -0.1) is 0 Å². The van der Waals surface area contributed by atoms with Crippen molar-refractivity contribution in [3.63, 3.8) is 0 Å². The van der Waals surface area contributed by atoms with Crippen molar-refractivity contribution in [2.75, 3.05) is 17.3 Å². The number of anilines is 2. The number of nitrogens with one attached hydrogen (secondary N) is 3. The molecule has 0 unspecified atom stereocenters. The van der Waals surface area contributed by atoms with Gasteiger partial charge in [-0.25, -0.2) is 4.98 Å². The summed E-state index contributed by atoms with van der Waals surface area (Å²) in [5.74, 6) is 1.91. The fourth-order valence-electron chi connectivity index (χ4n) is 0.779. The van der Waals surface area contributed by atoms with E-state index in [0.29, 0.717) is 0 Å². The molecule has 0 bridgehead atoms. The van der Waals surface area contributed by atoms with Crippen LogP contribution in [0.3, 0.4) is 0 Å². The van der Waals surface area contributed by atoms with Crippen LogP contribution >= 0.6 is 0 Å². The van der Waals surface area contributed by atoms with Gasteiger partial charge in [0.2, 0.25) is 0 Å². The SMILES string of the molecule is c1nc2c([nH]1)NCN2. The Labute approximate surface area is 46.3 Å². The molecule has 1 aromatic heterocycles. The van der Waals surface area contributed by atoms with E-state index in [2.05, 4.69) is 20.6 Å². The molecule has 8 heavy (non-hydrogen) atoms. The molecule has 1 aromatic rings. The molecule has 0 fully saturated rings. The van der Waals surface area contributed by atoms with Crippen LogP contribution in [0, 0.1) is 0 Å². The van der Waals surface area contributed by atoms with Crippen LogP contribution in [-0.4, -0.2) is 16.6 Å². The molecule has 2 rings (SSSR count). The Morgan fingerprint density at radius 1 is 1.50 bits per heavy atom. The normalized spacial score (nSPS) is 14.5. The third-order valence-corrected chi connectivity index (χ3v) is 1.16. The Bertz CT molecular complexity index is 173. The minimum absolute atomic E-state index is 0.787. The van der Waals surface area contributed by atoms with Gasteiger partial charge >= 0.3 is 0 Å². The number of aromatic nitrogens is 2. The van der Waals surface area contributed by atoms with Crippen LogP contribution in [0.2, 0.25) is 0 Å². The quantitative estimate of drug-likeness (QED) is 0.447. The molecule has 0 aromatic carbocycles. The largest absolute Gasteiger partial charge is 0.351 e. The number of hydrogen-bond acceptors (Lipinski definition) is 3. The molecule has 4 heteroatoms. The molecule has 42 valence electrons. The maximum Gasteiger partial charge on any atom is 0.170 e. The monoisotopic (exact) mass is 110 g/mol. The average Bonchev–Trinajstić information content (AvgIpc) is 2.15. The molecule has 0 radical (unpaired) electrons. The van der Waals surface area contributed by atoms with Crippen LogP contribution < -0.4 is 10.6 Å². The summed E-state index contributed by atoms with van der Waals surface area (Å²) in [6.45, 7) is 0.787. The number of rotatable bonds is 0. The van der Waals surface area contributed by atoms with Crippen molar-refractivity contribution in [2.45, 2.75) is 0 Å². The first-order valence-corrected chi connectivity index (χ1v) is 2.48. The lowest BCUT2D eigenvalue weighted by molar-refractivity contribution is 1.20. The maximum atomic E-state index is 3.97.